The highest BCUT2D eigenvalue weighted by Gasteiger charge is 2.49. The van der Waals surface area contributed by atoms with Crippen LogP contribution in [0, 0.1) is 5.41 Å². The van der Waals surface area contributed by atoms with E-state index >= 15 is 0 Å². The summed E-state index contributed by atoms with van der Waals surface area (Å²) in [4.78, 5) is 13.3. The first-order chi connectivity index (χ1) is 13.4. The molecular formula is C17H17BrF3N3O4S. The van der Waals surface area contributed by atoms with Gasteiger partial charge in [-0.05, 0) is 40.3 Å². The second-order valence-electron chi connectivity index (χ2n) is 7.11. The highest BCUT2D eigenvalue weighted by atomic mass is 79.9. The van der Waals surface area contributed by atoms with Crippen LogP contribution in [-0.4, -0.2) is 49.8 Å². The Hall–Kier alpha value is -1.76. The van der Waals surface area contributed by atoms with Gasteiger partial charge in [-0.15, -0.1) is 0 Å². The summed E-state index contributed by atoms with van der Waals surface area (Å²) in [6, 6.07) is 5.31. The molecule has 2 fully saturated rings. The third kappa shape index (κ3) is 4.71. The minimum atomic E-state index is -5.08. The van der Waals surface area contributed by atoms with E-state index < -0.39 is 22.2 Å². The van der Waals surface area contributed by atoms with E-state index in [9.17, 15) is 21.6 Å². The summed E-state index contributed by atoms with van der Waals surface area (Å²) in [5.41, 5.74) is 0.344. The summed E-state index contributed by atoms with van der Waals surface area (Å²) in [5, 5.41) is 11.9. The van der Waals surface area contributed by atoms with Crippen LogP contribution in [0.25, 0.3) is 10.8 Å². The number of rotatable bonds is 3. The molecule has 1 aromatic heterocycles. The van der Waals surface area contributed by atoms with Gasteiger partial charge in [-0.1, -0.05) is 12.1 Å². The Bertz CT molecular complexity index is 1030. The van der Waals surface area contributed by atoms with E-state index in [1.54, 1.807) is 24.5 Å². The van der Waals surface area contributed by atoms with Gasteiger partial charge in [0.1, 0.15) is 0 Å². The Morgan fingerprint density at radius 1 is 1.28 bits per heavy atom. The maximum Gasteiger partial charge on any atom is 0.490 e. The van der Waals surface area contributed by atoms with Gasteiger partial charge in [0.25, 0.3) is 0 Å². The number of aromatic nitrogens is 1. The van der Waals surface area contributed by atoms with Gasteiger partial charge < -0.3 is 10.4 Å². The monoisotopic (exact) mass is 495 g/mol. The second-order valence-corrected chi connectivity index (χ2v) is 9.65. The fourth-order valence-corrected chi connectivity index (χ4v) is 5.68. The highest BCUT2D eigenvalue weighted by Crippen LogP contribution is 2.44. The number of benzene rings is 1. The van der Waals surface area contributed by atoms with Crippen molar-refractivity contribution in [3.8, 4) is 0 Å². The van der Waals surface area contributed by atoms with Crippen LogP contribution in [-0.2, 0) is 14.8 Å². The molecule has 1 aromatic carbocycles. The average Bonchev–Trinajstić information content (AvgIpc) is 2.55. The lowest BCUT2D eigenvalue weighted by Gasteiger charge is -2.54. The number of hydrogen-bond acceptors (Lipinski definition) is 5. The van der Waals surface area contributed by atoms with E-state index in [0.717, 1.165) is 31.3 Å². The predicted octanol–water partition coefficient (Wildman–Crippen LogP) is 2.66. The lowest BCUT2D eigenvalue weighted by atomic mass is 9.62. The van der Waals surface area contributed by atoms with Gasteiger partial charge in [-0.25, -0.2) is 17.9 Å². The Morgan fingerprint density at radius 2 is 1.90 bits per heavy atom. The van der Waals surface area contributed by atoms with Crippen molar-refractivity contribution >= 4 is 42.7 Å². The van der Waals surface area contributed by atoms with Gasteiger partial charge in [-0.2, -0.15) is 13.2 Å². The molecule has 0 amide bonds. The molecule has 3 N–H and O–H groups in total. The molecule has 2 aliphatic rings. The molecular weight excluding hydrogens is 479 g/mol. The van der Waals surface area contributed by atoms with Gasteiger partial charge >= 0.3 is 12.1 Å². The van der Waals surface area contributed by atoms with Crippen molar-refractivity contribution in [1.29, 1.82) is 0 Å². The fourth-order valence-electron chi connectivity index (χ4n) is 3.50. The van der Waals surface area contributed by atoms with Gasteiger partial charge in [0.15, 0.2) is 0 Å². The Kier molecular flexibility index (Phi) is 5.91. The lowest BCUT2D eigenvalue weighted by molar-refractivity contribution is -0.192. The summed E-state index contributed by atoms with van der Waals surface area (Å²) >= 11 is 3.41. The van der Waals surface area contributed by atoms with Crippen LogP contribution in [0.1, 0.15) is 12.8 Å². The third-order valence-electron chi connectivity index (χ3n) is 4.91. The number of carboxylic acid groups (broad SMARTS) is 1. The number of nitrogens with one attached hydrogen (secondary N) is 2. The van der Waals surface area contributed by atoms with Crippen molar-refractivity contribution in [2.75, 3.05) is 13.1 Å². The van der Waals surface area contributed by atoms with Crippen molar-refractivity contribution in [2.45, 2.75) is 30.0 Å². The fraction of sp³-hybridized carbons (Fsp3) is 0.412. The topological polar surface area (TPSA) is 108 Å². The molecule has 2 heterocycles. The Morgan fingerprint density at radius 3 is 2.41 bits per heavy atom. The maximum atomic E-state index is 12.8. The smallest absolute Gasteiger partial charge is 0.475 e. The molecule has 1 saturated heterocycles. The molecule has 0 bridgehead atoms. The van der Waals surface area contributed by atoms with Crippen LogP contribution >= 0.6 is 15.9 Å². The average molecular weight is 496 g/mol. The van der Waals surface area contributed by atoms with Gasteiger partial charge in [-0.3, -0.25) is 4.98 Å². The number of carbonyl (C=O) groups is 1. The first kappa shape index (κ1) is 21.9. The SMILES string of the molecule is O=C(O)C(F)(F)F.O=S(=O)(NC1CC2(CNC2)C1)c1cccc2cncc(Br)c12. The van der Waals surface area contributed by atoms with Crippen molar-refractivity contribution in [1.82, 2.24) is 15.0 Å². The molecule has 0 radical (unpaired) electrons. The molecule has 0 atom stereocenters. The van der Waals surface area contributed by atoms with Crippen molar-refractivity contribution in [3.05, 3.63) is 35.1 Å². The van der Waals surface area contributed by atoms with Crippen LogP contribution in [0.15, 0.2) is 40.0 Å². The van der Waals surface area contributed by atoms with Crippen molar-refractivity contribution < 1.29 is 31.5 Å². The minimum absolute atomic E-state index is 0.0444. The summed E-state index contributed by atoms with van der Waals surface area (Å²) in [5.74, 6) is -2.76. The molecule has 1 spiro atoms. The zero-order valence-corrected chi connectivity index (χ0v) is 17.2. The number of pyridine rings is 1. The van der Waals surface area contributed by atoms with E-state index in [1.165, 1.54) is 0 Å². The van der Waals surface area contributed by atoms with Crippen molar-refractivity contribution in [2.24, 2.45) is 5.41 Å². The minimum Gasteiger partial charge on any atom is -0.475 e. The maximum absolute atomic E-state index is 12.8. The molecule has 7 nitrogen and oxygen atoms in total. The summed E-state index contributed by atoms with van der Waals surface area (Å²) in [6.45, 7) is 2.02. The van der Waals surface area contributed by atoms with Gasteiger partial charge in [0.05, 0.1) is 4.90 Å². The number of carboxylic acids is 1. The quantitative estimate of drug-likeness (QED) is 0.603. The van der Waals surface area contributed by atoms with E-state index in [1.807, 2.05) is 6.07 Å². The molecule has 4 rings (SSSR count). The summed E-state index contributed by atoms with van der Waals surface area (Å²) in [6.07, 6.45) is 0.0661. The van der Waals surface area contributed by atoms with E-state index in [-0.39, 0.29) is 6.04 Å². The van der Waals surface area contributed by atoms with Crippen LogP contribution < -0.4 is 10.0 Å². The number of hydrogen-bond donors (Lipinski definition) is 3. The largest absolute Gasteiger partial charge is 0.490 e. The van der Waals surface area contributed by atoms with Gasteiger partial charge in [0, 0.05) is 46.8 Å². The van der Waals surface area contributed by atoms with Crippen LogP contribution in [0.5, 0.6) is 0 Å². The molecule has 2 aromatic rings. The number of fused-ring (bicyclic) bond motifs is 1. The summed E-state index contributed by atoms with van der Waals surface area (Å²) < 4.78 is 60.8. The van der Waals surface area contributed by atoms with E-state index in [0.29, 0.717) is 20.2 Å². The number of alkyl halides is 3. The number of aliphatic carboxylic acids is 1. The summed E-state index contributed by atoms with van der Waals surface area (Å²) in [7, 11) is -3.53. The third-order valence-corrected chi connectivity index (χ3v) is 7.08. The van der Waals surface area contributed by atoms with Crippen LogP contribution in [0.3, 0.4) is 0 Å². The molecule has 1 saturated carbocycles. The van der Waals surface area contributed by atoms with E-state index in [4.69, 9.17) is 9.90 Å². The molecule has 158 valence electrons. The number of sulfonamides is 1. The zero-order chi connectivity index (χ0) is 21.4. The van der Waals surface area contributed by atoms with Crippen LogP contribution in [0.2, 0.25) is 0 Å². The lowest BCUT2D eigenvalue weighted by Crippen LogP contribution is -2.65. The predicted molar refractivity (Wildman–Crippen MR) is 102 cm³/mol. The molecule has 1 aliphatic heterocycles. The van der Waals surface area contributed by atoms with Crippen LogP contribution in [0.4, 0.5) is 13.2 Å². The molecule has 12 heteroatoms. The van der Waals surface area contributed by atoms with Gasteiger partial charge in [0.2, 0.25) is 10.0 Å². The molecule has 1 aliphatic carbocycles. The Labute approximate surface area is 172 Å². The standard InChI is InChI=1S/C15H16BrN3O2S.C2HF3O2/c16-12-7-17-6-10-2-1-3-13(14(10)12)22(20,21)19-11-4-15(5-11)8-18-9-15;3-2(4,5)1(6)7/h1-3,6-7,11,18-19H,4-5,8-9H2;(H,6,7). The Balaban J connectivity index is 0.000000298. The number of nitrogens with zero attached hydrogens (tertiary/aromatic N) is 1. The molecule has 29 heavy (non-hydrogen) atoms. The molecule has 0 unspecified atom stereocenters. The first-order valence-corrected chi connectivity index (χ1v) is 10.8. The van der Waals surface area contributed by atoms with E-state index in [2.05, 4.69) is 31.0 Å². The van der Waals surface area contributed by atoms with Crippen molar-refractivity contribution in [3.63, 3.8) is 0 Å². The number of halogens is 4. The normalized spacial score (nSPS) is 18.5. The zero-order valence-electron chi connectivity index (χ0n) is 14.8. The first-order valence-electron chi connectivity index (χ1n) is 8.49. The highest BCUT2D eigenvalue weighted by molar-refractivity contribution is 9.10. The second kappa shape index (κ2) is 7.82.